The van der Waals surface area contributed by atoms with Crippen LogP contribution in [-0.2, 0) is 24.8 Å². The van der Waals surface area contributed by atoms with Crippen molar-refractivity contribution in [1.82, 2.24) is 4.31 Å². The highest BCUT2D eigenvalue weighted by molar-refractivity contribution is 7.92. The van der Waals surface area contributed by atoms with E-state index in [1.807, 2.05) is 4.72 Å². The summed E-state index contributed by atoms with van der Waals surface area (Å²) >= 11 is 0. The van der Waals surface area contributed by atoms with Gasteiger partial charge in [0.2, 0.25) is 20.0 Å². The van der Waals surface area contributed by atoms with Gasteiger partial charge in [-0.15, -0.1) is 0 Å². The summed E-state index contributed by atoms with van der Waals surface area (Å²) in [5, 5.41) is 9.09. The van der Waals surface area contributed by atoms with Gasteiger partial charge in [0.25, 0.3) is 0 Å². The number of carboxylic acid groups (broad SMARTS) is 1. The van der Waals surface area contributed by atoms with Gasteiger partial charge in [-0.2, -0.15) is 4.31 Å². The summed E-state index contributed by atoms with van der Waals surface area (Å²) in [6.45, 7) is 1.41. The molecule has 0 amide bonds. The van der Waals surface area contributed by atoms with E-state index in [-0.39, 0.29) is 24.4 Å². The summed E-state index contributed by atoms with van der Waals surface area (Å²) in [5.74, 6) is -2.58. The number of hydrogen-bond acceptors (Lipinski definition) is 5. The monoisotopic (exact) mass is 380 g/mol. The topological polar surface area (TPSA) is 121 Å². The van der Waals surface area contributed by atoms with Crippen molar-refractivity contribution in [3.8, 4) is 0 Å². The quantitative estimate of drug-likeness (QED) is 0.754. The first-order chi connectivity index (χ1) is 11.1. The molecule has 1 aliphatic rings. The van der Waals surface area contributed by atoms with Crippen molar-refractivity contribution in [3.63, 3.8) is 0 Å². The summed E-state index contributed by atoms with van der Waals surface area (Å²) in [6.07, 6.45) is 0.582. The Morgan fingerprint density at radius 1 is 1.38 bits per heavy atom. The molecule has 1 fully saturated rings. The standard InChI is InChI=1S/C13H17FN2O6S2/c1-2-23(19,20)15-11-6-5-9(8-10(11)14)24(21,22)16-7-3-4-12(16)13(17)18/h5-6,8,12,15H,2-4,7H2,1H3,(H,17,18)/t12-/m1/s1. The Bertz CT molecular complexity index is 853. The van der Waals surface area contributed by atoms with E-state index in [1.54, 1.807) is 0 Å². The average molecular weight is 380 g/mol. The highest BCUT2D eigenvalue weighted by Crippen LogP contribution is 2.28. The number of aliphatic carboxylic acids is 1. The third-order valence-electron chi connectivity index (χ3n) is 3.68. The first kappa shape index (κ1) is 18.6. The van der Waals surface area contributed by atoms with Crippen molar-refractivity contribution in [1.29, 1.82) is 0 Å². The number of carboxylic acids is 1. The van der Waals surface area contributed by atoms with Crippen LogP contribution in [0.4, 0.5) is 10.1 Å². The van der Waals surface area contributed by atoms with Crippen LogP contribution in [0, 0.1) is 5.82 Å². The molecule has 0 aliphatic carbocycles. The van der Waals surface area contributed by atoms with Gasteiger partial charge in [-0.05, 0) is 38.0 Å². The van der Waals surface area contributed by atoms with Crippen molar-refractivity contribution < 1.29 is 31.1 Å². The molecule has 0 spiro atoms. The number of anilines is 1. The van der Waals surface area contributed by atoms with Gasteiger partial charge in [-0.25, -0.2) is 21.2 Å². The molecule has 0 unspecified atom stereocenters. The molecule has 1 aromatic carbocycles. The molecule has 0 aromatic heterocycles. The largest absolute Gasteiger partial charge is 0.480 e. The van der Waals surface area contributed by atoms with E-state index in [4.69, 9.17) is 5.11 Å². The van der Waals surface area contributed by atoms with Crippen LogP contribution in [-0.4, -0.2) is 50.6 Å². The summed E-state index contributed by atoms with van der Waals surface area (Å²) < 4.78 is 64.8. The first-order valence-electron chi connectivity index (χ1n) is 7.13. The minimum atomic E-state index is -4.19. The maximum absolute atomic E-state index is 14.1. The van der Waals surface area contributed by atoms with Gasteiger partial charge in [-0.3, -0.25) is 9.52 Å². The molecule has 1 aromatic rings. The van der Waals surface area contributed by atoms with Gasteiger partial charge in [0.1, 0.15) is 11.9 Å². The molecule has 1 saturated heterocycles. The van der Waals surface area contributed by atoms with Gasteiger partial charge < -0.3 is 5.11 Å². The molecule has 1 aliphatic heterocycles. The lowest BCUT2D eigenvalue weighted by molar-refractivity contribution is -0.140. The lowest BCUT2D eigenvalue weighted by Gasteiger charge is -2.21. The third kappa shape index (κ3) is 3.68. The highest BCUT2D eigenvalue weighted by Gasteiger charge is 2.39. The van der Waals surface area contributed by atoms with E-state index in [9.17, 15) is 26.0 Å². The second-order valence-electron chi connectivity index (χ2n) is 5.26. The zero-order chi connectivity index (χ0) is 18.1. The van der Waals surface area contributed by atoms with Crippen LogP contribution in [0.2, 0.25) is 0 Å². The predicted octanol–water partition coefficient (Wildman–Crippen LogP) is 0.825. The van der Waals surface area contributed by atoms with E-state index >= 15 is 0 Å². The molecule has 0 radical (unpaired) electrons. The molecular formula is C13H17FN2O6S2. The van der Waals surface area contributed by atoms with Crippen LogP contribution in [0.25, 0.3) is 0 Å². The Kier molecular flexibility index (Phi) is 5.16. The SMILES string of the molecule is CCS(=O)(=O)Nc1ccc(S(=O)(=O)N2CCC[C@@H]2C(=O)O)cc1F. The minimum absolute atomic E-state index is 0.0329. The summed E-state index contributed by atoms with van der Waals surface area (Å²) in [7, 11) is -7.89. The Hall–Kier alpha value is -1.72. The van der Waals surface area contributed by atoms with E-state index in [0.29, 0.717) is 12.5 Å². The number of sulfonamides is 2. The fourth-order valence-electron chi connectivity index (χ4n) is 2.39. The predicted molar refractivity (Wildman–Crippen MR) is 84.0 cm³/mol. The van der Waals surface area contributed by atoms with Gasteiger partial charge in [0.05, 0.1) is 16.3 Å². The molecular weight excluding hydrogens is 363 g/mol. The fraction of sp³-hybridized carbons (Fsp3) is 0.462. The normalized spacial score (nSPS) is 19.3. The molecule has 0 bridgehead atoms. The number of halogens is 1. The fourth-order valence-corrected chi connectivity index (χ4v) is 4.70. The van der Waals surface area contributed by atoms with Crippen LogP contribution in [0.15, 0.2) is 23.1 Å². The minimum Gasteiger partial charge on any atom is -0.480 e. The van der Waals surface area contributed by atoms with Crippen LogP contribution < -0.4 is 4.72 Å². The van der Waals surface area contributed by atoms with E-state index in [2.05, 4.69) is 0 Å². The summed E-state index contributed by atoms with van der Waals surface area (Å²) in [6, 6.07) is 1.54. The zero-order valence-corrected chi connectivity index (χ0v) is 14.4. The maximum Gasteiger partial charge on any atom is 0.322 e. The molecule has 0 saturated carbocycles. The Morgan fingerprint density at radius 3 is 2.58 bits per heavy atom. The van der Waals surface area contributed by atoms with Crippen molar-refractivity contribution in [3.05, 3.63) is 24.0 Å². The maximum atomic E-state index is 14.1. The van der Waals surface area contributed by atoms with E-state index < -0.39 is 42.8 Å². The highest BCUT2D eigenvalue weighted by atomic mass is 32.2. The molecule has 1 heterocycles. The van der Waals surface area contributed by atoms with Crippen LogP contribution in [0.5, 0.6) is 0 Å². The molecule has 2 rings (SSSR count). The second-order valence-corrected chi connectivity index (χ2v) is 9.16. The Balaban J connectivity index is 2.36. The summed E-state index contributed by atoms with van der Waals surface area (Å²) in [4.78, 5) is 10.7. The number of carbonyl (C=O) groups is 1. The number of nitrogens with zero attached hydrogens (tertiary/aromatic N) is 1. The Labute approximate surface area is 139 Å². The average Bonchev–Trinajstić information content (AvgIpc) is 2.99. The van der Waals surface area contributed by atoms with Gasteiger partial charge in [0.15, 0.2) is 0 Å². The second kappa shape index (κ2) is 6.65. The van der Waals surface area contributed by atoms with Crippen LogP contribution in [0.1, 0.15) is 19.8 Å². The lowest BCUT2D eigenvalue weighted by atomic mass is 10.2. The number of rotatable bonds is 6. The first-order valence-corrected chi connectivity index (χ1v) is 10.2. The van der Waals surface area contributed by atoms with Gasteiger partial charge in [-0.1, -0.05) is 0 Å². The number of nitrogens with one attached hydrogen (secondary N) is 1. The molecule has 11 heteroatoms. The smallest absolute Gasteiger partial charge is 0.322 e. The molecule has 1 atom stereocenters. The zero-order valence-electron chi connectivity index (χ0n) is 12.8. The molecule has 8 nitrogen and oxygen atoms in total. The summed E-state index contributed by atoms with van der Waals surface area (Å²) in [5.41, 5.74) is -0.369. The lowest BCUT2D eigenvalue weighted by Crippen LogP contribution is -2.40. The number of hydrogen-bond donors (Lipinski definition) is 2. The van der Waals surface area contributed by atoms with Crippen molar-refractivity contribution in [2.45, 2.75) is 30.7 Å². The van der Waals surface area contributed by atoms with Crippen LogP contribution in [0.3, 0.4) is 0 Å². The van der Waals surface area contributed by atoms with Gasteiger partial charge >= 0.3 is 5.97 Å². The van der Waals surface area contributed by atoms with E-state index in [0.717, 1.165) is 16.4 Å². The van der Waals surface area contributed by atoms with Crippen molar-refractivity contribution >= 4 is 31.7 Å². The van der Waals surface area contributed by atoms with E-state index in [1.165, 1.54) is 6.92 Å². The van der Waals surface area contributed by atoms with Gasteiger partial charge in [0, 0.05) is 6.54 Å². The third-order valence-corrected chi connectivity index (χ3v) is 6.88. The molecule has 2 N–H and O–H groups in total. The number of benzene rings is 1. The van der Waals surface area contributed by atoms with Crippen molar-refractivity contribution in [2.24, 2.45) is 0 Å². The van der Waals surface area contributed by atoms with Crippen molar-refractivity contribution in [2.75, 3.05) is 17.0 Å². The molecule has 134 valence electrons. The molecule has 24 heavy (non-hydrogen) atoms. The Morgan fingerprint density at radius 2 is 2.04 bits per heavy atom. The van der Waals surface area contributed by atoms with Crippen LogP contribution >= 0.6 is 0 Å².